The number of aliphatic hydroxyl groups excluding tert-OH is 1. The highest BCUT2D eigenvalue weighted by molar-refractivity contribution is 6.19. The Morgan fingerprint density at radius 3 is 2.71 bits per heavy atom. The van der Waals surface area contributed by atoms with Gasteiger partial charge in [-0.05, 0) is 6.07 Å². The molecule has 4 nitrogen and oxygen atoms in total. The van der Waals surface area contributed by atoms with Crippen molar-refractivity contribution in [2.24, 2.45) is 0 Å². The van der Waals surface area contributed by atoms with Crippen LogP contribution in [0.3, 0.4) is 0 Å². The number of benzene rings is 1. The van der Waals surface area contributed by atoms with Crippen LogP contribution in [0.2, 0.25) is 0 Å². The van der Waals surface area contributed by atoms with Gasteiger partial charge in [0.25, 0.3) is 5.91 Å². The average Bonchev–Trinajstić information content (AvgIpc) is 2.41. The Balaban J connectivity index is 2.59. The fraction of sp³-hybridized carbons (Fsp3) is 0.200. The minimum atomic E-state index is -1.20. The number of aliphatic hydroxyl groups is 1. The molecule has 72 valence electrons. The van der Waals surface area contributed by atoms with Crippen LogP contribution in [0, 0.1) is 0 Å². The lowest BCUT2D eigenvalue weighted by Crippen LogP contribution is -2.32. The van der Waals surface area contributed by atoms with Crippen molar-refractivity contribution in [3.63, 3.8) is 0 Å². The number of carbonyl (C=O) groups excluding carboxylic acids is 2. The molecule has 0 saturated heterocycles. The molecule has 1 aliphatic heterocycles. The summed E-state index contributed by atoms with van der Waals surface area (Å²) in [5.74, 6) is -0.947. The third kappa shape index (κ3) is 1.04. The summed E-state index contributed by atoms with van der Waals surface area (Å²) in [6.07, 6.45) is -1.20. The number of imide groups is 1. The number of amides is 2. The molecule has 2 rings (SSSR count). The SMILES string of the molecule is CC(=O)N1C(=O)[C@H](O)c2ccccc21. The molecule has 0 aromatic heterocycles. The van der Waals surface area contributed by atoms with Crippen molar-refractivity contribution in [1.29, 1.82) is 0 Å². The molecule has 0 bridgehead atoms. The minimum Gasteiger partial charge on any atom is -0.378 e. The van der Waals surface area contributed by atoms with Crippen LogP contribution in [0.5, 0.6) is 0 Å². The molecule has 0 saturated carbocycles. The van der Waals surface area contributed by atoms with Gasteiger partial charge in [-0.1, -0.05) is 18.2 Å². The molecule has 1 aliphatic rings. The van der Waals surface area contributed by atoms with E-state index in [2.05, 4.69) is 0 Å². The predicted octanol–water partition coefficient (Wildman–Crippen LogP) is 0.613. The maximum Gasteiger partial charge on any atom is 0.267 e. The van der Waals surface area contributed by atoms with Gasteiger partial charge in [-0.25, -0.2) is 4.90 Å². The third-order valence-corrected chi connectivity index (χ3v) is 2.24. The molecule has 1 aromatic rings. The summed E-state index contributed by atoms with van der Waals surface area (Å²) in [5.41, 5.74) is 0.977. The van der Waals surface area contributed by atoms with Crippen molar-refractivity contribution in [1.82, 2.24) is 0 Å². The van der Waals surface area contributed by atoms with Crippen molar-refractivity contribution in [2.75, 3.05) is 4.90 Å². The summed E-state index contributed by atoms with van der Waals surface area (Å²) in [4.78, 5) is 23.6. The van der Waals surface area contributed by atoms with Crippen LogP contribution in [0.15, 0.2) is 24.3 Å². The number of carbonyl (C=O) groups is 2. The zero-order valence-corrected chi connectivity index (χ0v) is 7.60. The lowest BCUT2D eigenvalue weighted by molar-refractivity contribution is -0.130. The topological polar surface area (TPSA) is 57.6 Å². The van der Waals surface area contributed by atoms with E-state index in [-0.39, 0.29) is 5.91 Å². The van der Waals surface area contributed by atoms with Gasteiger partial charge in [0.15, 0.2) is 6.10 Å². The molecule has 0 unspecified atom stereocenters. The number of hydrogen-bond acceptors (Lipinski definition) is 3. The molecule has 1 heterocycles. The molecule has 4 heteroatoms. The number of fused-ring (bicyclic) bond motifs is 1. The van der Waals surface area contributed by atoms with Crippen molar-refractivity contribution in [2.45, 2.75) is 13.0 Å². The van der Waals surface area contributed by atoms with Gasteiger partial charge in [0.1, 0.15) is 0 Å². The Morgan fingerprint density at radius 1 is 1.43 bits per heavy atom. The summed E-state index contributed by atoms with van der Waals surface area (Å²) in [6, 6.07) is 6.73. The Bertz CT molecular complexity index is 414. The van der Waals surface area contributed by atoms with Crippen LogP contribution >= 0.6 is 0 Å². The van der Waals surface area contributed by atoms with E-state index in [9.17, 15) is 14.7 Å². The summed E-state index contributed by atoms with van der Waals surface area (Å²) >= 11 is 0. The Labute approximate surface area is 80.8 Å². The summed E-state index contributed by atoms with van der Waals surface area (Å²) in [6.45, 7) is 1.30. The maximum atomic E-state index is 11.5. The molecule has 1 N–H and O–H groups in total. The standard InChI is InChI=1S/C10H9NO3/c1-6(12)11-8-5-3-2-4-7(8)9(13)10(11)14/h2-5,9,13H,1H3/t9-/m1/s1. The zero-order valence-electron chi connectivity index (χ0n) is 7.60. The number of rotatable bonds is 0. The Hall–Kier alpha value is -1.68. The molecule has 0 aliphatic carbocycles. The second kappa shape index (κ2) is 2.92. The molecule has 1 aromatic carbocycles. The molecule has 14 heavy (non-hydrogen) atoms. The molecule has 0 radical (unpaired) electrons. The van der Waals surface area contributed by atoms with Gasteiger partial charge in [-0.2, -0.15) is 0 Å². The number of nitrogens with zero attached hydrogens (tertiary/aromatic N) is 1. The normalized spacial score (nSPS) is 19.7. The van der Waals surface area contributed by atoms with Crippen LogP contribution in [-0.2, 0) is 9.59 Å². The van der Waals surface area contributed by atoms with Gasteiger partial charge >= 0.3 is 0 Å². The lowest BCUT2D eigenvalue weighted by atomic mass is 10.1. The van der Waals surface area contributed by atoms with E-state index in [1.165, 1.54) is 6.92 Å². The second-order valence-corrected chi connectivity index (χ2v) is 3.15. The first-order valence-electron chi connectivity index (χ1n) is 4.24. The van der Waals surface area contributed by atoms with Crippen molar-refractivity contribution >= 4 is 17.5 Å². The first-order chi connectivity index (χ1) is 6.63. The van der Waals surface area contributed by atoms with Gasteiger partial charge in [0.05, 0.1) is 5.69 Å². The van der Waals surface area contributed by atoms with Gasteiger partial charge in [-0.15, -0.1) is 0 Å². The van der Waals surface area contributed by atoms with Crippen LogP contribution in [0.25, 0.3) is 0 Å². The van der Waals surface area contributed by atoms with E-state index in [1.807, 2.05) is 0 Å². The monoisotopic (exact) mass is 191 g/mol. The second-order valence-electron chi connectivity index (χ2n) is 3.15. The third-order valence-electron chi connectivity index (χ3n) is 2.24. The number of anilines is 1. The van der Waals surface area contributed by atoms with Gasteiger partial charge in [0, 0.05) is 12.5 Å². The minimum absolute atomic E-state index is 0.376. The predicted molar refractivity (Wildman–Crippen MR) is 49.6 cm³/mol. The maximum absolute atomic E-state index is 11.5. The molecule has 0 spiro atoms. The highest BCUT2D eigenvalue weighted by atomic mass is 16.3. The molecule has 0 fully saturated rings. The molecular formula is C10H9NO3. The van der Waals surface area contributed by atoms with E-state index in [4.69, 9.17) is 0 Å². The average molecular weight is 191 g/mol. The van der Waals surface area contributed by atoms with E-state index >= 15 is 0 Å². The molecule has 1 atom stereocenters. The van der Waals surface area contributed by atoms with Crippen molar-refractivity contribution < 1.29 is 14.7 Å². The largest absolute Gasteiger partial charge is 0.378 e. The highest BCUT2D eigenvalue weighted by Crippen LogP contribution is 2.35. The van der Waals surface area contributed by atoms with Crippen LogP contribution in [0.4, 0.5) is 5.69 Å². The lowest BCUT2D eigenvalue weighted by Gasteiger charge is -2.11. The number of para-hydroxylation sites is 1. The summed E-state index contributed by atoms with van der Waals surface area (Å²) in [7, 11) is 0. The van der Waals surface area contributed by atoms with Crippen molar-refractivity contribution in [3.05, 3.63) is 29.8 Å². The van der Waals surface area contributed by atoms with Gasteiger partial charge in [-0.3, -0.25) is 9.59 Å². The van der Waals surface area contributed by atoms with E-state index in [1.54, 1.807) is 24.3 Å². The quantitative estimate of drug-likeness (QED) is 0.653. The smallest absolute Gasteiger partial charge is 0.267 e. The van der Waals surface area contributed by atoms with Crippen LogP contribution in [-0.4, -0.2) is 16.9 Å². The van der Waals surface area contributed by atoms with E-state index in [0.29, 0.717) is 11.3 Å². The van der Waals surface area contributed by atoms with E-state index < -0.39 is 12.0 Å². The highest BCUT2D eigenvalue weighted by Gasteiger charge is 2.37. The summed E-state index contributed by atoms with van der Waals surface area (Å²) in [5, 5.41) is 9.53. The van der Waals surface area contributed by atoms with Crippen LogP contribution in [0.1, 0.15) is 18.6 Å². The van der Waals surface area contributed by atoms with Crippen molar-refractivity contribution in [3.8, 4) is 0 Å². The fourth-order valence-electron chi connectivity index (χ4n) is 1.62. The van der Waals surface area contributed by atoms with Gasteiger partial charge < -0.3 is 5.11 Å². The Kier molecular flexibility index (Phi) is 1.86. The first kappa shape index (κ1) is 8.90. The molecule has 2 amide bonds. The number of hydrogen-bond donors (Lipinski definition) is 1. The Morgan fingerprint density at radius 2 is 2.07 bits per heavy atom. The molecular weight excluding hydrogens is 182 g/mol. The fourth-order valence-corrected chi connectivity index (χ4v) is 1.62. The van der Waals surface area contributed by atoms with E-state index in [0.717, 1.165) is 4.90 Å². The first-order valence-corrected chi connectivity index (χ1v) is 4.24. The summed E-state index contributed by atoms with van der Waals surface area (Å²) < 4.78 is 0. The van der Waals surface area contributed by atoms with Gasteiger partial charge in [0.2, 0.25) is 5.91 Å². The van der Waals surface area contributed by atoms with Crippen LogP contribution < -0.4 is 4.90 Å². The zero-order chi connectivity index (χ0) is 10.3.